The number of para-hydroxylation sites is 1. The second kappa shape index (κ2) is 5.84. The summed E-state index contributed by atoms with van der Waals surface area (Å²) in [4.78, 5) is 23.3. The first-order valence-corrected chi connectivity index (χ1v) is 6.38. The quantitative estimate of drug-likeness (QED) is 0.854. The van der Waals surface area contributed by atoms with Gasteiger partial charge in [-0.05, 0) is 24.5 Å². The zero-order valence-electron chi connectivity index (χ0n) is 11.2. The van der Waals surface area contributed by atoms with E-state index in [0.29, 0.717) is 0 Å². The van der Waals surface area contributed by atoms with Crippen molar-refractivity contribution in [2.45, 2.75) is 26.3 Å². The molecule has 1 aliphatic rings. The van der Waals surface area contributed by atoms with Crippen LogP contribution in [0.1, 0.15) is 18.1 Å². The zero-order valence-corrected chi connectivity index (χ0v) is 11.2. The van der Waals surface area contributed by atoms with Gasteiger partial charge in [0, 0.05) is 5.69 Å². The lowest BCUT2D eigenvalue weighted by molar-refractivity contribution is -0.136. The molecule has 0 aliphatic carbocycles. The van der Waals surface area contributed by atoms with Crippen molar-refractivity contribution >= 4 is 17.5 Å². The van der Waals surface area contributed by atoms with E-state index in [1.165, 1.54) is 0 Å². The van der Waals surface area contributed by atoms with Crippen LogP contribution in [0.3, 0.4) is 0 Å². The van der Waals surface area contributed by atoms with E-state index in [1.807, 2.05) is 32.0 Å². The smallest absolute Gasteiger partial charge is 0.249 e. The summed E-state index contributed by atoms with van der Waals surface area (Å²) in [5, 5.41) is 5.50. The van der Waals surface area contributed by atoms with E-state index in [2.05, 4.69) is 10.6 Å². The third-order valence-electron chi connectivity index (χ3n) is 3.16. The zero-order chi connectivity index (χ0) is 13.8. The number of ether oxygens (including phenoxy) is 1. The largest absolute Gasteiger partial charge is 0.369 e. The van der Waals surface area contributed by atoms with E-state index in [4.69, 9.17) is 4.74 Å². The second-order valence-corrected chi connectivity index (χ2v) is 4.59. The molecule has 0 radical (unpaired) electrons. The minimum absolute atomic E-state index is 0.0222. The van der Waals surface area contributed by atoms with E-state index >= 15 is 0 Å². The number of anilines is 1. The summed E-state index contributed by atoms with van der Waals surface area (Å²) < 4.78 is 5.07. The van der Waals surface area contributed by atoms with Crippen LogP contribution in [-0.2, 0) is 20.7 Å². The lowest BCUT2D eigenvalue weighted by Gasteiger charge is -2.23. The van der Waals surface area contributed by atoms with Crippen molar-refractivity contribution in [1.82, 2.24) is 5.32 Å². The number of morpholine rings is 1. The van der Waals surface area contributed by atoms with E-state index in [9.17, 15) is 9.59 Å². The summed E-state index contributed by atoms with van der Waals surface area (Å²) in [5.41, 5.74) is 2.92. The molecule has 19 heavy (non-hydrogen) atoms. The number of hydrogen-bond donors (Lipinski definition) is 2. The summed E-state index contributed by atoms with van der Waals surface area (Å²) in [6, 6.07) is 5.28. The molecule has 1 saturated heterocycles. The van der Waals surface area contributed by atoms with Gasteiger partial charge in [0.15, 0.2) is 0 Å². The van der Waals surface area contributed by atoms with Crippen LogP contribution >= 0.6 is 0 Å². The van der Waals surface area contributed by atoms with Gasteiger partial charge in [-0.1, -0.05) is 25.1 Å². The number of rotatable bonds is 3. The fraction of sp³-hybridized carbons (Fsp3) is 0.429. The molecule has 5 heteroatoms. The summed E-state index contributed by atoms with van der Waals surface area (Å²) in [5.74, 6) is -0.496. The lowest BCUT2D eigenvalue weighted by Crippen LogP contribution is -2.52. The summed E-state index contributed by atoms with van der Waals surface area (Å²) in [6.07, 6.45) is 0.838. The van der Waals surface area contributed by atoms with Crippen molar-refractivity contribution in [2.24, 2.45) is 0 Å². The standard InChI is InChI=1S/C14H18N2O3/c1-3-10-6-4-5-9(2)13(10)16-14(18)11-7-19-8-12(17)15-11/h4-6,11H,3,7-8H2,1-2H3,(H,15,17)(H,16,18). The number of amides is 2. The van der Waals surface area contributed by atoms with Crippen LogP contribution in [0.5, 0.6) is 0 Å². The minimum atomic E-state index is -0.620. The highest BCUT2D eigenvalue weighted by Gasteiger charge is 2.25. The molecule has 2 amide bonds. The topological polar surface area (TPSA) is 67.4 Å². The number of carbonyl (C=O) groups is 2. The first-order valence-electron chi connectivity index (χ1n) is 6.38. The Hall–Kier alpha value is -1.88. The maximum atomic E-state index is 12.1. The predicted molar refractivity (Wildman–Crippen MR) is 71.9 cm³/mol. The van der Waals surface area contributed by atoms with Gasteiger partial charge in [0.1, 0.15) is 12.6 Å². The maximum absolute atomic E-state index is 12.1. The molecule has 5 nitrogen and oxygen atoms in total. The monoisotopic (exact) mass is 262 g/mol. The third-order valence-corrected chi connectivity index (χ3v) is 3.16. The van der Waals surface area contributed by atoms with Gasteiger partial charge in [-0.15, -0.1) is 0 Å². The molecule has 0 saturated carbocycles. The van der Waals surface area contributed by atoms with E-state index in [0.717, 1.165) is 23.2 Å². The van der Waals surface area contributed by atoms with E-state index in [-0.39, 0.29) is 25.0 Å². The van der Waals surface area contributed by atoms with Gasteiger partial charge >= 0.3 is 0 Å². The van der Waals surface area contributed by atoms with Crippen LogP contribution < -0.4 is 10.6 Å². The highest BCUT2D eigenvalue weighted by Crippen LogP contribution is 2.21. The Bertz CT molecular complexity index is 499. The van der Waals surface area contributed by atoms with Gasteiger partial charge in [-0.3, -0.25) is 9.59 Å². The van der Waals surface area contributed by atoms with E-state index in [1.54, 1.807) is 0 Å². The Balaban J connectivity index is 2.12. The average molecular weight is 262 g/mol. The van der Waals surface area contributed by atoms with Crippen LogP contribution in [0.25, 0.3) is 0 Å². The van der Waals surface area contributed by atoms with Gasteiger partial charge in [-0.2, -0.15) is 0 Å². The molecule has 0 bridgehead atoms. The molecule has 1 heterocycles. The van der Waals surface area contributed by atoms with Crippen molar-refractivity contribution in [3.8, 4) is 0 Å². The summed E-state index contributed by atoms with van der Waals surface area (Å²) in [7, 11) is 0. The molecule has 2 rings (SSSR count). The van der Waals surface area contributed by atoms with Crippen molar-refractivity contribution in [3.05, 3.63) is 29.3 Å². The summed E-state index contributed by atoms with van der Waals surface area (Å²) >= 11 is 0. The minimum Gasteiger partial charge on any atom is -0.369 e. The molecule has 0 spiro atoms. The Labute approximate surface area is 112 Å². The lowest BCUT2D eigenvalue weighted by atomic mass is 10.1. The number of nitrogens with one attached hydrogen (secondary N) is 2. The molecule has 2 N–H and O–H groups in total. The Kier molecular flexibility index (Phi) is 4.16. The van der Waals surface area contributed by atoms with E-state index < -0.39 is 6.04 Å². The molecule has 102 valence electrons. The fourth-order valence-electron chi connectivity index (χ4n) is 2.10. The molecule has 1 atom stereocenters. The molecule has 1 aromatic rings. The van der Waals surface area contributed by atoms with Crippen LogP contribution in [0, 0.1) is 6.92 Å². The molecule has 1 aliphatic heterocycles. The van der Waals surface area contributed by atoms with Gasteiger partial charge in [0.2, 0.25) is 11.8 Å². The Morgan fingerprint density at radius 2 is 2.32 bits per heavy atom. The first-order chi connectivity index (χ1) is 9.11. The van der Waals surface area contributed by atoms with Gasteiger partial charge in [0.25, 0.3) is 0 Å². The Morgan fingerprint density at radius 1 is 1.53 bits per heavy atom. The highest BCUT2D eigenvalue weighted by atomic mass is 16.5. The van der Waals surface area contributed by atoms with Gasteiger partial charge in [-0.25, -0.2) is 0 Å². The predicted octanol–water partition coefficient (Wildman–Crippen LogP) is 1.01. The molecule has 1 fully saturated rings. The third kappa shape index (κ3) is 3.12. The maximum Gasteiger partial charge on any atom is 0.249 e. The Morgan fingerprint density at radius 3 is 3.00 bits per heavy atom. The van der Waals surface area contributed by atoms with Crippen LogP contribution in [0.4, 0.5) is 5.69 Å². The van der Waals surface area contributed by atoms with Gasteiger partial charge in [0.05, 0.1) is 6.61 Å². The molecular formula is C14H18N2O3. The fourth-order valence-corrected chi connectivity index (χ4v) is 2.10. The first kappa shape index (κ1) is 13.5. The SMILES string of the molecule is CCc1cccc(C)c1NC(=O)C1COCC(=O)N1. The molecule has 1 unspecified atom stereocenters. The van der Waals surface area contributed by atoms with Crippen molar-refractivity contribution in [1.29, 1.82) is 0 Å². The molecule has 1 aromatic carbocycles. The van der Waals surface area contributed by atoms with Crippen LogP contribution in [-0.4, -0.2) is 31.1 Å². The molecule has 0 aromatic heterocycles. The second-order valence-electron chi connectivity index (χ2n) is 4.59. The summed E-state index contributed by atoms with van der Waals surface area (Å²) in [6.45, 7) is 4.22. The van der Waals surface area contributed by atoms with Crippen molar-refractivity contribution in [3.63, 3.8) is 0 Å². The van der Waals surface area contributed by atoms with Crippen molar-refractivity contribution in [2.75, 3.05) is 18.5 Å². The number of hydrogen-bond acceptors (Lipinski definition) is 3. The number of benzene rings is 1. The molecular weight excluding hydrogens is 244 g/mol. The highest BCUT2D eigenvalue weighted by molar-refractivity contribution is 5.98. The normalized spacial score (nSPS) is 18.8. The van der Waals surface area contributed by atoms with Crippen LogP contribution in [0.15, 0.2) is 18.2 Å². The van der Waals surface area contributed by atoms with Crippen LogP contribution in [0.2, 0.25) is 0 Å². The number of carbonyl (C=O) groups excluding carboxylic acids is 2. The average Bonchev–Trinajstić information content (AvgIpc) is 2.41. The van der Waals surface area contributed by atoms with Crippen molar-refractivity contribution < 1.29 is 14.3 Å². The van der Waals surface area contributed by atoms with Gasteiger partial charge < -0.3 is 15.4 Å². The number of aryl methyl sites for hydroxylation is 2.